The molecule has 0 spiro atoms. The Morgan fingerprint density at radius 3 is 2.91 bits per heavy atom. The van der Waals surface area contributed by atoms with Gasteiger partial charge in [-0.3, -0.25) is 14.6 Å². The number of aromatic nitrogens is 2. The van der Waals surface area contributed by atoms with E-state index >= 15 is 0 Å². The number of benzene rings is 2. The number of carbonyl (C=O) groups excluding carboxylic acids is 2. The van der Waals surface area contributed by atoms with Crippen LogP contribution in [0.4, 0.5) is 5.69 Å². The van der Waals surface area contributed by atoms with Gasteiger partial charge in [0.1, 0.15) is 24.2 Å². The minimum atomic E-state index is -0.827. The van der Waals surface area contributed by atoms with Crippen molar-refractivity contribution in [2.75, 3.05) is 25.1 Å². The van der Waals surface area contributed by atoms with E-state index in [1.54, 1.807) is 12.1 Å². The molecule has 1 aromatic heterocycles. The highest BCUT2D eigenvalue weighted by Gasteiger charge is 2.34. The van der Waals surface area contributed by atoms with Crippen LogP contribution in [-0.2, 0) is 16.1 Å². The Balaban J connectivity index is 1.25. The van der Waals surface area contributed by atoms with Crippen LogP contribution in [0.5, 0.6) is 5.75 Å². The van der Waals surface area contributed by atoms with Crippen molar-refractivity contribution in [3.63, 3.8) is 0 Å². The summed E-state index contributed by atoms with van der Waals surface area (Å²) >= 11 is 0. The zero-order valence-corrected chi connectivity index (χ0v) is 17.8. The quantitative estimate of drug-likeness (QED) is 0.653. The number of aryl methyl sites for hydroxylation is 1. The van der Waals surface area contributed by atoms with Gasteiger partial charge in [-0.2, -0.15) is 5.11 Å². The number of ether oxygens (including phenoxy) is 1. The van der Waals surface area contributed by atoms with Gasteiger partial charge >= 0.3 is 0 Å². The van der Waals surface area contributed by atoms with Crippen molar-refractivity contribution < 1.29 is 14.3 Å². The lowest BCUT2D eigenvalue weighted by molar-refractivity contribution is -0.128. The van der Waals surface area contributed by atoms with Gasteiger partial charge in [0, 0.05) is 13.1 Å². The van der Waals surface area contributed by atoms with Gasteiger partial charge in [0.15, 0.2) is 6.04 Å². The largest absolute Gasteiger partial charge is 0.489 e. The Labute approximate surface area is 184 Å². The number of rotatable bonds is 4. The van der Waals surface area contributed by atoms with E-state index in [9.17, 15) is 9.59 Å². The lowest BCUT2D eigenvalue weighted by Crippen LogP contribution is -2.52. The molecular formula is C22H23N7O3. The number of imidazole rings is 1. The van der Waals surface area contributed by atoms with Crippen molar-refractivity contribution in [3.05, 3.63) is 53.9 Å². The van der Waals surface area contributed by atoms with Crippen molar-refractivity contribution in [3.8, 4) is 5.75 Å². The number of nitrogens with zero attached hydrogens (tertiary/aromatic N) is 5. The molecule has 0 fully saturated rings. The number of nitrogens with one attached hydrogen (secondary N) is 2. The minimum Gasteiger partial charge on any atom is -0.489 e. The normalized spacial score (nSPS) is 20.2. The molecule has 164 valence electrons. The second kappa shape index (κ2) is 7.95. The van der Waals surface area contributed by atoms with Gasteiger partial charge in [-0.1, -0.05) is 35.6 Å². The van der Waals surface area contributed by atoms with Gasteiger partial charge in [-0.15, -0.1) is 0 Å². The number of carbonyl (C=O) groups is 2. The highest BCUT2D eigenvalue weighted by atomic mass is 16.5. The van der Waals surface area contributed by atoms with Gasteiger partial charge in [-0.25, -0.2) is 4.98 Å². The number of likely N-dealkylation sites (N-methyl/N-ethyl adjacent to an activating group) is 1. The number of amides is 2. The standard InChI is InChI=1S/C22H23N7O3/c1-13-23-15-8-19-20(9-16(15)24-13)32-12-18(22(31)28(19)2)25-21(30)17-11-29(27-26-17)10-14-6-4-3-5-7-14/h3-9,17-18H,10-12H2,1-2H3,(H,23,24)(H,25,30)/t17?,18-/m0/s1. The van der Waals surface area contributed by atoms with Crippen molar-refractivity contribution in [2.24, 2.45) is 10.3 Å². The van der Waals surface area contributed by atoms with E-state index in [1.807, 2.05) is 49.4 Å². The first-order valence-corrected chi connectivity index (χ1v) is 10.4. The Morgan fingerprint density at radius 1 is 1.28 bits per heavy atom. The number of anilines is 1. The van der Waals surface area contributed by atoms with Crippen LogP contribution in [0.1, 0.15) is 11.4 Å². The van der Waals surface area contributed by atoms with Crippen molar-refractivity contribution in [1.82, 2.24) is 20.3 Å². The summed E-state index contributed by atoms with van der Waals surface area (Å²) in [5.41, 5.74) is 3.27. The summed E-state index contributed by atoms with van der Waals surface area (Å²) in [4.78, 5) is 34.9. The summed E-state index contributed by atoms with van der Waals surface area (Å²) < 4.78 is 5.89. The lowest BCUT2D eigenvalue weighted by Gasteiger charge is -2.21. The molecule has 0 radical (unpaired) electrons. The highest BCUT2D eigenvalue weighted by Crippen LogP contribution is 2.34. The topological polar surface area (TPSA) is 115 Å². The van der Waals surface area contributed by atoms with Crippen LogP contribution >= 0.6 is 0 Å². The SMILES string of the molecule is Cc1nc2cc3c(cc2[nH]1)OC[C@H](NC(=O)C1CN(Cc2ccccc2)N=N1)C(=O)N3C. The average molecular weight is 433 g/mol. The maximum absolute atomic E-state index is 13.0. The molecule has 5 rings (SSSR count). The van der Waals surface area contributed by atoms with Gasteiger partial charge in [0.05, 0.1) is 29.8 Å². The summed E-state index contributed by atoms with van der Waals surface area (Å²) in [6.45, 7) is 2.82. The molecule has 10 nitrogen and oxygen atoms in total. The van der Waals surface area contributed by atoms with Crippen LogP contribution in [-0.4, -0.2) is 59.1 Å². The van der Waals surface area contributed by atoms with Gasteiger partial charge < -0.3 is 19.9 Å². The van der Waals surface area contributed by atoms with Gasteiger partial charge in [0.2, 0.25) is 5.91 Å². The zero-order valence-electron chi connectivity index (χ0n) is 17.8. The molecule has 0 saturated heterocycles. The monoisotopic (exact) mass is 433 g/mol. The van der Waals surface area contributed by atoms with E-state index in [4.69, 9.17) is 4.74 Å². The second-order valence-electron chi connectivity index (χ2n) is 7.98. The molecule has 2 amide bonds. The maximum Gasteiger partial charge on any atom is 0.252 e. The fourth-order valence-electron chi connectivity index (χ4n) is 3.93. The molecule has 10 heteroatoms. The fourth-order valence-corrected chi connectivity index (χ4v) is 3.93. The molecular weight excluding hydrogens is 410 g/mol. The molecule has 1 unspecified atom stereocenters. The fraction of sp³-hybridized carbons (Fsp3) is 0.318. The molecule has 0 saturated carbocycles. The minimum absolute atomic E-state index is 0.0259. The van der Waals surface area contributed by atoms with Crippen LogP contribution < -0.4 is 15.0 Å². The van der Waals surface area contributed by atoms with E-state index < -0.39 is 12.1 Å². The Bertz CT molecular complexity index is 1210. The molecule has 2 aromatic carbocycles. The third-order valence-corrected chi connectivity index (χ3v) is 5.60. The van der Waals surface area contributed by atoms with Crippen LogP contribution in [0, 0.1) is 6.92 Å². The molecule has 0 bridgehead atoms. The van der Waals surface area contributed by atoms with Crippen molar-refractivity contribution >= 4 is 28.5 Å². The second-order valence-corrected chi connectivity index (χ2v) is 7.98. The van der Waals surface area contributed by atoms with E-state index in [-0.39, 0.29) is 18.4 Å². The average Bonchev–Trinajstić information content (AvgIpc) is 3.38. The van der Waals surface area contributed by atoms with E-state index in [1.165, 1.54) is 4.90 Å². The van der Waals surface area contributed by atoms with Crippen molar-refractivity contribution in [1.29, 1.82) is 0 Å². The first kappa shape index (κ1) is 20.0. The van der Waals surface area contributed by atoms with Crippen LogP contribution in [0.15, 0.2) is 52.8 Å². The Kier molecular flexibility index (Phi) is 4.96. The number of fused-ring (bicyclic) bond motifs is 2. The maximum atomic E-state index is 13.0. The highest BCUT2D eigenvalue weighted by molar-refractivity contribution is 6.02. The molecule has 3 aromatic rings. The molecule has 2 atom stereocenters. The van der Waals surface area contributed by atoms with Gasteiger partial charge in [0.25, 0.3) is 5.91 Å². The number of H-pyrrole nitrogens is 1. The van der Waals surface area contributed by atoms with Crippen molar-refractivity contribution in [2.45, 2.75) is 25.6 Å². The molecule has 32 heavy (non-hydrogen) atoms. The van der Waals surface area contributed by atoms with E-state index in [0.29, 0.717) is 24.5 Å². The molecule has 2 N–H and O–H groups in total. The van der Waals surface area contributed by atoms with E-state index in [2.05, 4.69) is 25.6 Å². The van der Waals surface area contributed by atoms with Crippen LogP contribution in [0.2, 0.25) is 0 Å². The molecule has 0 aliphatic carbocycles. The first-order valence-electron chi connectivity index (χ1n) is 10.4. The summed E-state index contributed by atoms with van der Waals surface area (Å²) in [7, 11) is 1.66. The summed E-state index contributed by atoms with van der Waals surface area (Å²) in [6, 6.07) is 12.0. The third-order valence-electron chi connectivity index (χ3n) is 5.60. The third kappa shape index (κ3) is 3.75. The van der Waals surface area contributed by atoms with E-state index in [0.717, 1.165) is 22.4 Å². The Morgan fingerprint density at radius 2 is 2.09 bits per heavy atom. The number of hydrogen-bond acceptors (Lipinski definition) is 7. The predicted molar refractivity (Wildman–Crippen MR) is 117 cm³/mol. The molecule has 3 heterocycles. The summed E-state index contributed by atoms with van der Waals surface area (Å²) in [6.07, 6.45) is 0. The van der Waals surface area contributed by atoms with Gasteiger partial charge in [-0.05, 0) is 18.6 Å². The predicted octanol–water partition coefficient (Wildman–Crippen LogP) is 1.96. The van der Waals surface area contributed by atoms with Crippen LogP contribution in [0.25, 0.3) is 11.0 Å². The summed E-state index contributed by atoms with van der Waals surface area (Å²) in [5, 5.41) is 12.7. The number of aromatic amines is 1. The molecule has 2 aliphatic heterocycles. The molecule has 2 aliphatic rings. The number of hydrogen-bond donors (Lipinski definition) is 2. The lowest BCUT2D eigenvalue weighted by atomic mass is 10.2. The zero-order chi connectivity index (χ0) is 22.2. The Hall–Kier alpha value is -3.95. The van der Waals surface area contributed by atoms with Crippen LogP contribution in [0.3, 0.4) is 0 Å². The first-order chi connectivity index (χ1) is 15.5. The smallest absolute Gasteiger partial charge is 0.252 e. The summed E-state index contributed by atoms with van der Waals surface area (Å²) in [5.74, 6) is 0.726.